The second-order valence-electron chi connectivity index (χ2n) is 5.40. The fourth-order valence-electron chi connectivity index (χ4n) is 3.44. The minimum absolute atomic E-state index is 0. The van der Waals surface area contributed by atoms with Crippen molar-refractivity contribution in [3.63, 3.8) is 0 Å². The molecule has 0 saturated heterocycles. The van der Waals surface area contributed by atoms with Crippen LogP contribution in [0.1, 0.15) is 26.7 Å². The fourth-order valence-corrected chi connectivity index (χ4v) is 68.9. The van der Waals surface area contributed by atoms with E-state index in [-0.39, 0.29) is 24.8 Å². The predicted molar refractivity (Wildman–Crippen MR) is 77.5 cm³/mol. The summed E-state index contributed by atoms with van der Waals surface area (Å²) in [6.07, 6.45) is 16.7. The molecule has 0 atom stereocenters. The first-order valence-corrected chi connectivity index (χ1v) is 26.4. The summed E-state index contributed by atoms with van der Waals surface area (Å²) >= 11 is -2.45. The third-order valence-electron chi connectivity index (χ3n) is 4.01. The van der Waals surface area contributed by atoms with Gasteiger partial charge in [-0.15, -0.1) is 0 Å². The van der Waals surface area contributed by atoms with E-state index in [0.29, 0.717) is 0 Å². The Morgan fingerprint density at radius 3 is 1.58 bits per heavy atom. The van der Waals surface area contributed by atoms with E-state index in [1.54, 1.807) is 0 Å². The average Bonchev–Trinajstić information content (AvgIpc) is 2.88. The Labute approximate surface area is 134 Å². The Balaban J connectivity index is 0.00000162. The first-order valence-electron chi connectivity index (χ1n) is 6.43. The topological polar surface area (TPSA) is 0 Å². The SMILES string of the molecule is C[C](C)=[Hf+2]([C]1=CC=CC1)([C]1=CC=CC1)=[Ge]([CH3])[CH3].[Cl-].[Cl-]. The third-order valence-corrected chi connectivity index (χ3v) is 69.7. The van der Waals surface area contributed by atoms with E-state index in [2.05, 4.69) is 61.8 Å². The molecule has 0 fully saturated rings. The van der Waals surface area contributed by atoms with E-state index in [9.17, 15) is 0 Å². The molecule has 0 heterocycles. The van der Waals surface area contributed by atoms with Crippen molar-refractivity contribution in [2.24, 2.45) is 0 Å². The summed E-state index contributed by atoms with van der Waals surface area (Å²) in [6, 6.07) is 0. The van der Waals surface area contributed by atoms with Crippen LogP contribution in [-0.2, 0) is 16.4 Å². The molecule has 0 aromatic carbocycles. The average molecular weight is 524 g/mol. The number of hydrogen-bond donors (Lipinski definition) is 0. The van der Waals surface area contributed by atoms with Crippen LogP contribution in [0.15, 0.2) is 43.1 Å². The van der Waals surface area contributed by atoms with E-state index >= 15 is 0 Å². The van der Waals surface area contributed by atoms with Crippen LogP contribution in [0.5, 0.6) is 0 Å². The summed E-state index contributed by atoms with van der Waals surface area (Å²) in [5, 5.41) is 0. The Morgan fingerprint density at radius 2 is 1.37 bits per heavy atom. The van der Waals surface area contributed by atoms with E-state index in [1.807, 2.05) is 9.91 Å². The molecule has 2 aliphatic carbocycles. The molecule has 0 nitrogen and oxygen atoms in total. The van der Waals surface area contributed by atoms with Crippen LogP contribution in [0.2, 0.25) is 11.5 Å². The smallest absolute Gasteiger partial charge is 1.00 e. The van der Waals surface area contributed by atoms with Gasteiger partial charge in [-0.3, -0.25) is 0 Å². The Bertz CT molecular complexity index is 519. The molecule has 0 radical (unpaired) electrons. The van der Waals surface area contributed by atoms with Gasteiger partial charge in [0.2, 0.25) is 0 Å². The van der Waals surface area contributed by atoms with Crippen molar-refractivity contribution < 1.29 is 41.2 Å². The predicted octanol–water partition coefficient (Wildman–Crippen LogP) is -1.70. The van der Waals surface area contributed by atoms with Crippen LogP contribution in [0.3, 0.4) is 0 Å². The molecule has 19 heavy (non-hydrogen) atoms. The zero-order valence-corrected chi connectivity index (χ0v) is 19.3. The van der Waals surface area contributed by atoms with Gasteiger partial charge in [-0.1, -0.05) is 0 Å². The monoisotopic (exact) mass is 526 g/mol. The summed E-state index contributed by atoms with van der Waals surface area (Å²) < 4.78 is 5.56. The van der Waals surface area contributed by atoms with Gasteiger partial charge in [-0.2, -0.15) is 0 Å². The zero-order valence-electron chi connectivity index (χ0n) is 12.1. The summed E-state index contributed by atoms with van der Waals surface area (Å²) in [5.74, 6) is 5.24. The molecule has 4 heteroatoms. The van der Waals surface area contributed by atoms with Crippen molar-refractivity contribution in [2.75, 3.05) is 0 Å². The van der Waals surface area contributed by atoms with Crippen LogP contribution >= 0.6 is 0 Å². The van der Waals surface area contributed by atoms with E-state index in [1.165, 1.54) is 12.8 Å². The maximum Gasteiger partial charge on any atom is -1.00 e. The van der Waals surface area contributed by atoms with Gasteiger partial charge in [0.25, 0.3) is 0 Å². The number of halogens is 2. The fraction of sp³-hybridized carbons (Fsp3) is 0.400. The Hall–Kier alpha value is 0.823. The standard InChI is InChI=1S/2C5H5.C3H6.C2H6Ge.2ClH.Hf/c2*1-2-4-5-3-1;2*1-3-2;;;/h2*1-3H,4H2;2*1-2H3;2*1H;/q;;;;;;+2/p-2. The van der Waals surface area contributed by atoms with E-state index < -0.39 is 26.4 Å². The molecule has 0 spiro atoms. The van der Waals surface area contributed by atoms with Gasteiger partial charge in [0, 0.05) is 0 Å². The van der Waals surface area contributed by atoms with Crippen molar-refractivity contribution >= 4 is 13.3 Å². The van der Waals surface area contributed by atoms with Gasteiger partial charge in [-0.25, -0.2) is 0 Å². The van der Waals surface area contributed by atoms with Crippen LogP contribution in [0.25, 0.3) is 0 Å². The molecule has 0 aromatic heterocycles. The molecule has 0 amide bonds. The normalized spacial score (nSPS) is 14.7. The molecule has 0 saturated carbocycles. The first-order chi connectivity index (χ1) is 8.10. The van der Waals surface area contributed by atoms with Crippen molar-refractivity contribution in [2.45, 2.75) is 38.2 Å². The van der Waals surface area contributed by atoms with Crippen LogP contribution in [0.4, 0.5) is 0 Å². The summed E-state index contributed by atoms with van der Waals surface area (Å²) in [6.45, 7) is 4.86. The summed E-state index contributed by atoms with van der Waals surface area (Å²) in [4.78, 5) is 0. The van der Waals surface area contributed by atoms with Gasteiger partial charge in [0.1, 0.15) is 0 Å². The molecule has 0 unspecified atom stereocenters. The number of allylic oxidation sites excluding steroid dienone is 8. The number of hydrogen-bond acceptors (Lipinski definition) is 0. The molecular weight excluding hydrogens is 502 g/mol. The number of rotatable bonds is 2. The van der Waals surface area contributed by atoms with Gasteiger partial charge in [0.15, 0.2) is 0 Å². The Kier molecular flexibility index (Phi) is 8.67. The largest absolute Gasteiger partial charge is 1.00 e. The maximum atomic E-state index is 2.62. The van der Waals surface area contributed by atoms with E-state index in [4.69, 9.17) is 0 Å². The van der Waals surface area contributed by atoms with E-state index in [0.717, 1.165) is 0 Å². The molecule has 2 rings (SSSR count). The third kappa shape index (κ3) is 3.53. The van der Waals surface area contributed by atoms with Gasteiger partial charge in [-0.05, 0) is 0 Å². The maximum absolute atomic E-state index is 2.62. The van der Waals surface area contributed by atoms with Gasteiger partial charge in [0.05, 0.1) is 0 Å². The molecule has 0 aliphatic heterocycles. The van der Waals surface area contributed by atoms with Crippen molar-refractivity contribution in [3.8, 4) is 0 Å². The molecule has 0 bridgehead atoms. The molecular formula is C15H22Cl2GeHf. The second-order valence-corrected chi connectivity index (χ2v) is 54.7. The molecule has 2 aliphatic rings. The van der Waals surface area contributed by atoms with Crippen molar-refractivity contribution in [3.05, 3.63) is 43.1 Å². The molecule has 104 valence electrons. The van der Waals surface area contributed by atoms with Crippen molar-refractivity contribution in [1.29, 1.82) is 0 Å². The van der Waals surface area contributed by atoms with Crippen molar-refractivity contribution in [1.82, 2.24) is 0 Å². The molecule has 0 aromatic rings. The summed E-state index contributed by atoms with van der Waals surface area (Å²) in [5.41, 5.74) is 0. The quantitative estimate of drug-likeness (QED) is 0.378. The van der Waals surface area contributed by atoms with Gasteiger partial charge < -0.3 is 24.8 Å². The first kappa shape index (κ1) is 19.8. The second kappa shape index (κ2) is 8.31. The van der Waals surface area contributed by atoms with Crippen LogP contribution < -0.4 is 24.8 Å². The Morgan fingerprint density at radius 1 is 0.947 bits per heavy atom. The summed E-state index contributed by atoms with van der Waals surface area (Å²) in [7, 11) is -0.908. The minimum Gasteiger partial charge on any atom is -1.00 e. The minimum atomic E-state index is -2.45. The molecule has 0 N–H and O–H groups in total. The van der Waals surface area contributed by atoms with Crippen LogP contribution in [-0.4, -0.2) is 13.3 Å². The van der Waals surface area contributed by atoms with Gasteiger partial charge >= 0.3 is 111 Å². The zero-order chi connectivity index (χ0) is 12.5. The van der Waals surface area contributed by atoms with Crippen LogP contribution in [0, 0.1) is 0 Å².